The molecule has 5 nitrogen and oxygen atoms in total. The highest BCUT2D eigenvalue weighted by molar-refractivity contribution is 5.93. The highest BCUT2D eigenvalue weighted by Gasteiger charge is 2.15. The van der Waals surface area contributed by atoms with E-state index in [2.05, 4.69) is 41.5 Å². The number of rotatable bonds is 0. The molecule has 1 aliphatic rings. The lowest BCUT2D eigenvalue weighted by Crippen LogP contribution is -2.37. The average Bonchev–Trinajstić information content (AvgIpc) is 3.06. The Morgan fingerprint density at radius 3 is 2.84 bits per heavy atom. The van der Waals surface area contributed by atoms with Crippen LogP contribution in [0.5, 0.6) is 11.5 Å². The van der Waals surface area contributed by atoms with Crippen LogP contribution in [0.2, 0.25) is 0 Å². The molecule has 3 aromatic rings. The van der Waals surface area contributed by atoms with Gasteiger partial charge in [-0.2, -0.15) is 5.10 Å². The number of hydrogen-bond donors (Lipinski definition) is 2. The second kappa shape index (κ2) is 6.76. The van der Waals surface area contributed by atoms with Gasteiger partial charge in [-0.1, -0.05) is 19.1 Å². The van der Waals surface area contributed by atoms with E-state index in [4.69, 9.17) is 9.47 Å². The molecule has 2 aromatic carbocycles. The minimum Gasteiger partial charge on any atom is -0.493 e. The van der Waals surface area contributed by atoms with Crippen molar-refractivity contribution in [1.29, 1.82) is 0 Å². The number of ether oxygens (including phenoxy) is 2. The van der Waals surface area contributed by atoms with Crippen LogP contribution in [0.4, 0.5) is 0 Å². The molecule has 0 aliphatic carbocycles. The highest BCUT2D eigenvalue weighted by Crippen LogP contribution is 2.31. The van der Waals surface area contributed by atoms with Crippen molar-refractivity contribution < 1.29 is 9.47 Å². The van der Waals surface area contributed by atoms with Crippen molar-refractivity contribution in [3.8, 4) is 22.8 Å². The van der Waals surface area contributed by atoms with E-state index >= 15 is 0 Å². The molecule has 5 heteroatoms. The molecule has 0 unspecified atom stereocenters. The second-order valence-electron chi connectivity index (χ2n) is 6.69. The summed E-state index contributed by atoms with van der Waals surface area (Å²) in [6.07, 6.45) is 0. The fraction of sp³-hybridized carbons (Fsp3) is 0.350. The molecule has 4 rings (SSSR count). The van der Waals surface area contributed by atoms with Crippen molar-refractivity contribution in [2.24, 2.45) is 5.92 Å². The quantitative estimate of drug-likeness (QED) is 0.658. The number of benzene rings is 2. The summed E-state index contributed by atoms with van der Waals surface area (Å²) in [4.78, 5) is 0. The lowest BCUT2D eigenvalue weighted by molar-refractivity contribution is 0.220. The van der Waals surface area contributed by atoms with Crippen molar-refractivity contribution in [3.05, 3.63) is 42.5 Å². The van der Waals surface area contributed by atoms with E-state index in [0.717, 1.165) is 40.2 Å². The molecule has 0 radical (unpaired) electrons. The summed E-state index contributed by atoms with van der Waals surface area (Å²) >= 11 is 0. The number of aromatic nitrogens is 2. The topological polar surface area (TPSA) is 59.2 Å². The van der Waals surface area contributed by atoms with Gasteiger partial charge in [0.15, 0.2) is 0 Å². The summed E-state index contributed by atoms with van der Waals surface area (Å²) in [5.74, 6) is 2.13. The Labute approximate surface area is 147 Å². The molecule has 2 heterocycles. The molecule has 2 atom stereocenters. The Morgan fingerprint density at radius 2 is 1.92 bits per heavy atom. The Morgan fingerprint density at radius 1 is 1.04 bits per heavy atom. The van der Waals surface area contributed by atoms with Gasteiger partial charge in [0.1, 0.15) is 23.8 Å². The van der Waals surface area contributed by atoms with Gasteiger partial charge >= 0.3 is 0 Å². The fourth-order valence-electron chi connectivity index (χ4n) is 3.06. The normalized spacial score (nSPS) is 21.2. The molecule has 2 N–H and O–H groups in total. The van der Waals surface area contributed by atoms with Gasteiger partial charge in [0, 0.05) is 29.5 Å². The van der Waals surface area contributed by atoms with E-state index in [0.29, 0.717) is 25.2 Å². The Balaban J connectivity index is 1.76. The highest BCUT2D eigenvalue weighted by atomic mass is 16.5. The number of hydrogen-bond acceptors (Lipinski definition) is 4. The van der Waals surface area contributed by atoms with Gasteiger partial charge in [-0.25, -0.2) is 0 Å². The molecule has 1 aliphatic heterocycles. The first-order valence-electron chi connectivity index (χ1n) is 8.78. The number of aromatic amines is 1. The largest absolute Gasteiger partial charge is 0.493 e. The zero-order chi connectivity index (χ0) is 17.2. The van der Waals surface area contributed by atoms with Gasteiger partial charge in [-0.05, 0) is 37.3 Å². The Kier molecular flexibility index (Phi) is 4.32. The van der Waals surface area contributed by atoms with Gasteiger partial charge in [0.2, 0.25) is 0 Å². The lowest BCUT2D eigenvalue weighted by Gasteiger charge is -2.21. The van der Waals surface area contributed by atoms with E-state index in [1.807, 2.05) is 30.3 Å². The van der Waals surface area contributed by atoms with Gasteiger partial charge in [-0.15, -0.1) is 0 Å². The summed E-state index contributed by atoms with van der Waals surface area (Å²) in [5, 5.41) is 12.2. The van der Waals surface area contributed by atoms with E-state index in [1.165, 1.54) is 0 Å². The fourth-order valence-corrected chi connectivity index (χ4v) is 3.06. The third-order valence-electron chi connectivity index (χ3n) is 4.85. The molecule has 0 amide bonds. The molecule has 0 fully saturated rings. The SMILES string of the molecule is C[C@@H]1COc2ccc3[nH]nc(c3c2)-c2cccc(c2)OCCN[C@H]1C. The number of H-pyrrole nitrogens is 1. The van der Waals surface area contributed by atoms with Crippen molar-refractivity contribution >= 4 is 10.9 Å². The number of nitrogens with one attached hydrogen (secondary N) is 2. The van der Waals surface area contributed by atoms with Crippen LogP contribution in [-0.4, -0.2) is 36.0 Å². The van der Waals surface area contributed by atoms with Crippen molar-refractivity contribution in [1.82, 2.24) is 15.5 Å². The maximum Gasteiger partial charge on any atom is 0.120 e. The zero-order valence-electron chi connectivity index (χ0n) is 14.6. The predicted molar refractivity (Wildman–Crippen MR) is 99.1 cm³/mol. The first-order chi connectivity index (χ1) is 12.2. The minimum atomic E-state index is 0.355. The van der Waals surface area contributed by atoms with Crippen LogP contribution < -0.4 is 14.8 Å². The molecule has 25 heavy (non-hydrogen) atoms. The van der Waals surface area contributed by atoms with Gasteiger partial charge < -0.3 is 14.8 Å². The van der Waals surface area contributed by atoms with Crippen LogP contribution >= 0.6 is 0 Å². The maximum absolute atomic E-state index is 6.04. The lowest BCUT2D eigenvalue weighted by atomic mass is 10.1. The summed E-state index contributed by atoms with van der Waals surface area (Å²) < 4.78 is 11.9. The van der Waals surface area contributed by atoms with Gasteiger partial charge in [-0.3, -0.25) is 5.10 Å². The molecule has 4 bridgehead atoms. The summed E-state index contributed by atoms with van der Waals surface area (Å²) in [7, 11) is 0. The van der Waals surface area contributed by atoms with Crippen LogP contribution in [-0.2, 0) is 0 Å². The smallest absolute Gasteiger partial charge is 0.120 e. The van der Waals surface area contributed by atoms with Crippen LogP contribution in [0.25, 0.3) is 22.2 Å². The first-order valence-corrected chi connectivity index (χ1v) is 8.78. The van der Waals surface area contributed by atoms with Crippen LogP contribution in [0.3, 0.4) is 0 Å². The molecule has 130 valence electrons. The molecule has 0 saturated carbocycles. The third kappa shape index (κ3) is 3.33. The monoisotopic (exact) mass is 337 g/mol. The summed E-state index contributed by atoms with van der Waals surface area (Å²) in [5.41, 5.74) is 2.95. The van der Waals surface area contributed by atoms with Crippen LogP contribution in [0, 0.1) is 5.92 Å². The van der Waals surface area contributed by atoms with Crippen LogP contribution in [0.1, 0.15) is 13.8 Å². The standard InChI is InChI=1S/C20H23N3O2/c1-13-12-25-17-6-7-19-18(11-17)20(23-22-19)15-4-3-5-16(10-15)24-9-8-21-14(13)2/h3-7,10-11,13-14,21H,8-9,12H2,1-2H3,(H,22,23)/t13-,14+/m1/s1. The molecular formula is C20H23N3O2. The predicted octanol–water partition coefficient (Wildman–Crippen LogP) is 3.62. The van der Waals surface area contributed by atoms with E-state index in [1.54, 1.807) is 0 Å². The third-order valence-corrected chi connectivity index (χ3v) is 4.85. The van der Waals surface area contributed by atoms with Crippen molar-refractivity contribution in [2.45, 2.75) is 19.9 Å². The summed E-state index contributed by atoms with van der Waals surface area (Å²) in [6.45, 7) is 6.48. The Bertz CT molecular complexity index is 874. The van der Waals surface area contributed by atoms with E-state index < -0.39 is 0 Å². The number of nitrogens with zero attached hydrogens (tertiary/aromatic N) is 1. The minimum absolute atomic E-state index is 0.355. The van der Waals surface area contributed by atoms with Gasteiger partial charge in [0.05, 0.1) is 12.1 Å². The Hall–Kier alpha value is -2.53. The number of fused-ring (bicyclic) bond motifs is 4. The van der Waals surface area contributed by atoms with E-state index in [-0.39, 0.29) is 0 Å². The molecule has 1 aromatic heterocycles. The molecule has 0 spiro atoms. The van der Waals surface area contributed by atoms with Crippen molar-refractivity contribution in [3.63, 3.8) is 0 Å². The van der Waals surface area contributed by atoms with E-state index in [9.17, 15) is 0 Å². The van der Waals surface area contributed by atoms with Gasteiger partial charge in [0.25, 0.3) is 0 Å². The average molecular weight is 337 g/mol. The molecule has 0 saturated heterocycles. The zero-order valence-corrected chi connectivity index (χ0v) is 14.6. The second-order valence-corrected chi connectivity index (χ2v) is 6.69. The first kappa shape index (κ1) is 16.0. The molecular weight excluding hydrogens is 314 g/mol. The van der Waals surface area contributed by atoms with Crippen molar-refractivity contribution in [2.75, 3.05) is 19.8 Å². The maximum atomic E-state index is 6.04. The van der Waals surface area contributed by atoms with Crippen LogP contribution in [0.15, 0.2) is 42.5 Å². The summed E-state index contributed by atoms with van der Waals surface area (Å²) in [6, 6.07) is 14.5.